The van der Waals surface area contributed by atoms with Crippen LogP contribution in [-0.4, -0.2) is 32.5 Å². The van der Waals surface area contributed by atoms with Gasteiger partial charge in [-0.2, -0.15) is 39.5 Å². The van der Waals surface area contributed by atoms with Gasteiger partial charge in [-0.15, -0.1) is 0 Å². The zero-order valence-corrected chi connectivity index (χ0v) is 12.9. The summed E-state index contributed by atoms with van der Waals surface area (Å²) in [6, 6.07) is 0.228. The first kappa shape index (κ1) is 22.5. The summed E-state index contributed by atoms with van der Waals surface area (Å²) in [5, 5.41) is 16.1. The van der Waals surface area contributed by atoms with E-state index >= 15 is 0 Å². The molecule has 0 spiro atoms. The third-order valence-corrected chi connectivity index (χ3v) is 4.28. The van der Waals surface area contributed by atoms with Gasteiger partial charge in [0.15, 0.2) is 0 Å². The highest BCUT2D eigenvalue weighted by atomic mass is 28.4. The number of unbranched alkanes of at least 4 members (excludes halogenated alkanes) is 3. The van der Waals surface area contributed by atoms with E-state index in [-0.39, 0.29) is 18.9 Å². The van der Waals surface area contributed by atoms with Crippen LogP contribution in [0.4, 0.5) is 39.5 Å². The molecule has 0 aromatic heterocycles. The number of halogens is 9. The van der Waals surface area contributed by atoms with Crippen LogP contribution in [0.5, 0.6) is 0 Å². The highest BCUT2D eigenvalue weighted by Crippen LogP contribution is 2.54. The molecule has 0 radical (unpaired) electrons. The van der Waals surface area contributed by atoms with Crippen molar-refractivity contribution in [2.45, 2.75) is 62.1 Å². The molecule has 0 atom stereocenters. The Morgan fingerprint density at radius 2 is 1.04 bits per heavy atom. The molecule has 3 nitrogen and oxygen atoms in total. The Morgan fingerprint density at radius 1 is 0.609 bits per heavy atom. The molecule has 0 aliphatic carbocycles. The lowest BCUT2D eigenvalue weighted by Gasteiger charge is -2.33. The second-order valence-corrected chi connectivity index (χ2v) is 8.10. The monoisotopic (exact) mass is 379 g/mol. The van der Waals surface area contributed by atoms with Gasteiger partial charge >= 0.3 is 23.9 Å². The molecule has 140 valence electrons. The maximum atomic E-state index is 13.1. The van der Waals surface area contributed by atoms with Crippen LogP contribution in [0.2, 0.25) is 6.04 Å². The standard InChI is InChI=1S/C10H18F9N3Si/c11-7(12,5-3-1-2-4-6-23(20,21)22)8(13,14)9(15,16)10(17,18)19/h1-6,20-22H2. The molecule has 0 aliphatic rings. The van der Waals surface area contributed by atoms with Gasteiger partial charge < -0.3 is 16.2 Å². The quantitative estimate of drug-likeness (QED) is 0.327. The number of alkyl halides is 9. The molecule has 0 aliphatic heterocycles. The van der Waals surface area contributed by atoms with Crippen LogP contribution in [0.25, 0.3) is 0 Å². The van der Waals surface area contributed by atoms with E-state index in [9.17, 15) is 39.5 Å². The zero-order chi connectivity index (χ0) is 18.7. The Bertz CT molecular complexity index is 379. The second kappa shape index (κ2) is 7.15. The average molecular weight is 379 g/mol. The molecule has 0 unspecified atom stereocenters. The van der Waals surface area contributed by atoms with Crippen molar-refractivity contribution in [3.8, 4) is 0 Å². The zero-order valence-electron chi connectivity index (χ0n) is 11.9. The molecule has 0 aromatic rings. The van der Waals surface area contributed by atoms with Crippen LogP contribution in [0.3, 0.4) is 0 Å². The van der Waals surface area contributed by atoms with Gasteiger partial charge in [-0.3, -0.25) is 0 Å². The number of nitrogens with two attached hydrogens (primary N) is 3. The van der Waals surface area contributed by atoms with Gasteiger partial charge in [-0.25, -0.2) is 0 Å². The third-order valence-electron chi connectivity index (χ3n) is 3.06. The Hall–Kier alpha value is -0.533. The van der Waals surface area contributed by atoms with E-state index in [0.717, 1.165) is 0 Å². The lowest BCUT2D eigenvalue weighted by molar-refractivity contribution is -0.396. The summed E-state index contributed by atoms with van der Waals surface area (Å²) >= 11 is 0. The first-order valence-corrected chi connectivity index (χ1v) is 8.96. The lowest BCUT2D eigenvalue weighted by Crippen LogP contribution is -2.64. The van der Waals surface area contributed by atoms with Crippen molar-refractivity contribution in [2.24, 2.45) is 16.2 Å². The Labute approximate surface area is 127 Å². The minimum absolute atomic E-state index is 0.0895. The van der Waals surface area contributed by atoms with Crippen molar-refractivity contribution in [2.75, 3.05) is 0 Å². The third kappa shape index (κ3) is 5.80. The predicted octanol–water partition coefficient (Wildman–Crippen LogP) is 3.22. The highest BCUT2D eigenvalue weighted by Gasteiger charge is 2.81. The van der Waals surface area contributed by atoms with Crippen LogP contribution >= 0.6 is 0 Å². The minimum Gasteiger partial charge on any atom is -0.327 e. The summed E-state index contributed by atoms with van der Waals surface area (Å²) in [6.45, 7) is 0. The average Bonchev–Trinajstić information content (AvgIpc) is 2.30. The molecule has 0 rings (SSSR count). The van der Waals surface area contributed by atoms with Crippen LogP contribution in [0.15, 0.2) is 0 Å². The molecule has 0 heterocycles. The fourth-order valence-electron chi connectivity index (χ4n) is 1.70. The first-order chi connectivity index (χ1) is 9.96. The molecule has 23 heavy (non-hydrogen) atoms. The smallest absolute Gasteiger partial charge is 0.327 e. The van der Waals surface area contributed by atoms with Gasteiger partial charge in [0.05, 0.1) is 0 Å². The second-order valence-electron chi connectivity index (χ2n) is 5.38. The van der Waals surface area contributed by atoms with Crippen molar-refractivity contribution >= 4 is 8.56 Å². The van der Waals surface area contributed by atoms with E-state index in [2.05, 4.69) is 0 Å². The van der Waals surface area contributed by atoms with E-state index < -0.39 is 45.3 Å². The Balaban J connectivity index is 4.58. The molecule has 13 heteroatoms. The molecular weight excluding hydrogens is 361 g/mol. The van der Waals surface area contributed by atoms with Crippen molar-refractivity contribution in [3.05, 3.63) is 0 Å². The van der Waals surface area contributed by atoms with Crippen LogP contribution in [0.1, 0.15) is 32.1 Å². The summed E-state index contributed by atoms with van der Waals surface area (Å²) in [4.78, 5) is 0. The Morgan fingerprint density at radius 3 is 1.43 bits per heavy atom. The summed E-state index contributed by atoms with van der Waals surface area (Å²) in [6.07, 6.45) is -8.81. The van der Waals surface area contributed by atoms with Crippen molar-refractivity contribution < 1.29 is 39.5 Å². The molecule has 6 N–H and O–H groups in total. The van der Waals surface area contributed by atoms with Gasteiger partial charge in [-0.1, -0.05) is 19.3 Å². The van der Waals surface area contributed by atoms with Crippen LogP contribution in [0, 0.1) is 0 Å². The minimum atomic E-state index is -6.83. The maximum Gasteiger partial charge on any atom is 0.460 e. The summed E-state index contributed by atoms with van der Waals surface area (Å²) < 4.78 is 113. The van der Waals surface area contributed by atoms with Gasteiger partial charge in [-0.05, 0) is 12.5 Å². The van der Waals surface area contributed by atoms with Crippen LogP contribution in [-0.2, 0) is 0 Å². The van der Waals surface area contributed by atoms with Gasteiger partial charge in [0.25, 0.3) is 8.56 Å². The fraction of sp³-hybridized carbons (Fsp3) is 1.00. The SMILES string of the molecule is N[Si](N)(N)CCCCCCC(F)(F)C(F)(F)C(F)(F)C(F)(F)F. The highest BCUT2D eigenvalue weighted by molar-refractivity contribution is 6.70. The van der Waals surface area contributed by atoms with Gasteiger partial charge in [0, 0.05) is 6.42 Å². The summed E-state index contributed by atoms with van der Waals surface area (Å²) in [5.74, 6) is -18.9. The number of hydrogen-bond acceptors (Lipinski definition) is 3. The van der Waals surface area contributed by atoms with E-state index in [1.54, 1.807) is 0 Å². The topological polar surface area (TPSA) is 78.1 Å². The van der Waals surface area contributed by atoms with Crippen molar-refractivity contribution in [3.63, 3.8) is 0 Å². The summed E-state index contributed by atoms with van der Waals surface area (Å²) in [7, 11) is -2.82. The largest absolute Gasteiger partial charge is 0.460 e. The van der Waals surface area contributed by atoms with Crippen molar-refractivity contribution in [1.29, 1.82) is 0 Å². The fourth-order valence-corrected chi connectivity index (χ4v) is 2.56. The summed E-state index contributed by atoms with van der Waals surface area (Å²) in [5.41, 5.74) is 0. The Kier molecular flexibility index (Phi) is 6.98. The van der Waals surface area contributed by atoms with E-state index in [1.807, 2.05) is 0 Å². The van der Waals surface area contributed by atoms with E-state index in [1.165, 1.54) is 0 Å². The molecule has 0 fully saturated rings. The van der Waals surface area contributed by atoms with Crippen molar-refractivity contribution in [1.82, 2.24) is 0 Å². The van der Waals surface area contributed by atoms with Gasteiger partial charge in [0.1, 0.15) is 0 Å². The van der Waals surface area contributed by atoms with E-state index in [4.69, 9.17) is 16.2 Å². The molecule has 0 saturated heterocycles. The maximum absolute atomic E-state index is 13.1. The molecular formula is C10H18F9N3Si. The van der Waals surface area contributed by atoms with Gasteiger partial charge in [0.2, 0.25) is 0 Å². The number of hydrogen-bond donors (Lipinski definition) is 3. The number of rotatable bonds is 9. The molecule has 0 amide bonds. The lowest BCUT2D eigenvalue weighted by atomic mass is 9.98. The molecule has 0 aromatic carbocycles. The molecule has 0 saturated carbocycles. The van der Waals surface area contributed by atoms with Crippen LogP contribution < -0.4 is 16.2 Å². The first-order valence-electron chi connectivity index (χ1n) is 6.52. The predicted molar refractivity (Wildman–Crippen MR) is 67.1 cm³/mol. The normalized spacial score (nSPS) is 15.1. The molecule has 0 bridgehead atoms. The van der Waals surface area contributed by atoms with E-state index in [0.29, 0.717) is 6.42 Å².